The van der Waals surface area contributed by atoms with Gasteiger partial charge in [0, 0.05) is 31.1 Å². The zero-order valence-electron chi connectivity index (χ0n) is 11.1. The summed E-state index contributed by atoms with van der Waals surface area (Å²) in [6, 6.07) is 2.12. The Balaban J connectivity index is 0.00000133. The molecule has 5 nitrogen and oxygen atoms in total. The van der Waals surface area contributed by atoms with Crippen molar-refractivity contribution < 1.29 is 9.32 Å². The van der Waals surface area contributed by atoms with Gasteiger partial charge in [0.05, 0.1) is 0 Å². The molecular formula is C13H20ClN3O2. The highest BCUT2D eigenvalue weighted by molar-refractivity contribution is 5.92. The lowest BCUT2D eigenvalue weighted by atomic mass is 10.2. The Labute approximate surface area is 119 Å². The third-order valence-corrected chi connectivity index (χ3v) is 3.80. The number of hydrogen-bond acceptors (Lipinski definition) is 4. The second kappa shape index (κ2) is 5.92. The van der Waals surface area contributed by atoms with Gasteiger partial charge in [-0.05, 0) is 32.7 Å². The van der Waals surface area contributed by atoms with Crippen LogP contribution < -0.4 is 5.32 Å². The van der Waals surface area contributed by atoms with Crippen LogP contribution in [0, 0.1) is 0 Å². The highest BCUT2D eigenvalue weighted by Crippen LogP contribution is 2.40. The first-order valence-corrected chi connectivity index (χ1v) is 6.72. The molecule has 106 valence electrons. The number of rotatable bonds is 4. The van der Waals surface area contributed by atoms with Crippen LogP contribution in [-0.2, 0) is 0 Å². The molecule has 6 heteroatoms. The van der Waals surface area contributed by atoms with Crippen molar-refractivity contribution in [2.75, 3.05) is 20.1 Å². The van der Waals surface area contributed by atoms with E-state index >= 15 is 0 Å². The fraction of sp³-hybridized carbons (Fsp3) is 0.692. The summed E-state index contributed by atoms with van der Waals surface area (Å²) in [6.07, 6.45) is 4.47. The van der Waals surface area contributed by atoms with Gasteiger partial charge in [-0.25, -0.2) is 0 Å². The number of likely N-dealkylation sites (tertiary alicyclic amines) is 1. The van der Waals surface area contributed by atoms with Crippen LogP contribution in [-0.4, -0.2) is 42.1 Å². The summed E-state index contributed by atoms with van der Waals surface area (Å²) in [5.74, 6) is 1.40. The van der Waals surface area contributed by atoms with Gasteiger partial charge in [-0.15, -0.1) is 12.4 Å². The third-order valence-electron chi connectivity index (χ3n) is 3.80. The largest absolute Gasteiger partial charge is 0.360 e. The van der Waals surface area contributed by atoms with Crippen LogP contribution >= 0.6 is 12.4 Å². The third kappa shape index (κ3) is 2.92. The minimum Gasteiger partial charge on any atom is -0.360 e. The van der Waals surface area contributed by atoms with Crippen LogP contribution in [0.25, 0.3) is 0 Å². The maximum absolute atomic E-state index is 12.4. The van der Waals surface area contributed by atoms with E-state index in [0.29, 0.717) is 17.7 Å². The summed E-state index contributed by atoms with van der Waals surface area (Å²) < 4.78 is 5.25. The Morgan fingerprint density at radius 3 is 3.00 bits per heavy atom. The summed E-state index contributed by atoms with van der Waals surface area (Å²) in [4.78, 5) is 14.3. The molecule has 0 spiro atoms. The fourth-order valence-electron chi connectivity index (χ4n) is 2.65. The van der Waals surface area contributed by atoms with Gasteiger partial charge in [0.2, 0.25) is 0 Å². The van der Waals surface area contributed by atoms with Gasteiger partial charge in [0.1, 0.15) is 5.76 Å². The molecule has 2 heterocycles. The van der Waals surface area contributed by atoms with E-state index in [2.05, 4.69) is 10.5 Å². The lowest BCUT2D eigenvalue weighted by Gasteiger charge is -2.23. The van der Waals surface area contributed by atoms with Crippen molar-refractivity contribution in [2.24, 2.45) is 0 Å². The maximum atomic E-state index is 12.4. The maximum Gasteiger partial charge on any atom is 0.276 e. The van der Waals surface area contributed by atoms with E-state index in [1.807, 2.05) is 18.0 Å². The first-order chi connectivity index (χ1) is 8.79. The second-order valence-electron chi connectivity index (χ2n) is 5.24. The number of carbonyl (C=O) groups excluding carboxylic acids is 1. The standard InChI is InChI=1S/C13H19N3O2.ClH/c1-14-8-10-3-2-6-16(10)13(17)11-7-12(18-15-11)9-4-5-9;/h7,9-10,14H,2-6,8H2,1H3;1H. The van der Waals surface area contributed by atoms with Crippen molar-refractivity contribution in [2.45, 2.75) is 37.6 Å². The molecule has 0 bridgehead atoms. The van der Waals surface area contributed by atoms with Gasteiger partial charge < -0.3 is 14.7 Å². The Kier molecular flexibility index (Phi) is 4.47. The Hall–Kier alpha value is -1.07. The molecule has 1 aliphatic heterocycles. The van der Waals surface area contributed by atoms with Crippen LogP contribution in [0.4, 0.5) is 0 Å². The summed E-state index contributed by atoms with van der Waals surface area (Å²) in [6.45, 7) is 1.68. The van der Waals surface area contributed by atoms with Gasteiger partial charge in [0.15, 0.2) is 5.69 Å². The molecule has 1 N–H and O–H groups in total. The van der Waals surface area contributed by atoms with E-state index in [0.717, 1.165) is 44.5 Å². The van der Waals surface area contributed by atoms with Gasteiger partial charge in [-0.3, -0.25) is 4.79 Å². The Morgan fingerprint density at radius 2 is 2.32 bits per heavy atom. The predicted octanol–water partition coefficient (Wildman–Crippen LogP) is 1.80. The molecule has 19 heavy (non-hydrogen) atoms. The van der Waals surface area contributed by atoms with Gasteiger partial charge in [-0.2, -0.15) is 0 Å². The van der Waals surface area contributed by atoms with E-state index < -0.39 is 0 Å². The number of hydrogen-bond donors (Lipinski definition) is 1. The van der Waals surface area contributed by atoms with Crippen molar-refractivity contribution in [1.82, 2.24) is 15.4 Å². The average Bonchev–Trinajstić information content (AvgIpc) is 2.93. The van der Waals surface area contributed by atoms with Crippen molar-refractivity contribution in [1.29, 1.82) is 0 Å². The van der Waals surface area contributed by atoms with Crippen LogP contribution in [0.1, 0.15) is 47.8 Å². The number of halogens is 1. The topological polar surface area (TPSA) is 58.4 Å². The molecule has 2 aliphatic rings. The molecule has 1 atom stereocenters. The predicted molar refractivity (Wildman–Crippen MR) is 73.7 cm³/mol. The summed E-state index contributed by atoms with van der Waals surface area (Å²) >= 11 is 0. The van der Waals surface area contributed by atoms with Gasteiger partial charge in [-0.1, -0.05) is 5.16 Å². The zero-order valence-corrected chi connectivity index (χ0v) is 11.9. The lowest BCUT2D eigenvalue weighted by molar-refractivity contribution is 0.0726. The molecule has 1 saturated heterocycles. The number of nitrogens with one attached hydrogen (secondary N) is 1. The highest BCUT2D eigenvalue weighted by atomic mass is 35.5. The van der Waals surface area contributed by atoms with E-state index in [-0.39, 0.29) is 18.3 Å². The Bertz CT molecular complexity index is 445. The van der Waals surface area contributed by atoms with Crippen molar-refractivity contribution >= 4 is 18.3 Å². The van der Waals surface area contributed by atoms with Crippen LogP contribution in [0.5, 0.6) is 0 Å². The number of amides is 1. The number of aromatic nitrogens is 1. The molecule has 0 radical (unpaired) electrons. The molecule has 1 aromatic heterocycles. The smallest absolute Gasteiger partial charge is 0.276 e. The number of likely N-dealkylation sites (N-methyl/N-ethyl adjacent to an activating group) is 1. The van der Waals surface area contributed by atoms with Gasteiger partial charge in [0.25, 0.3) is 5.91 Å². The SMILES string of the molecule is CNCC1CCCN1C(=O)c1cc(C2CC2)on1.Cl. The number of nitrogens with zero attached hydrogens (tertiary/aromatic N) is 2. The molecular weight excluding hydrogens is 266 g/mol. The van der Waals surface area contributed by atoms with Crippen LogP contribution in [0.2, 0.25) is 0 Å². The molecule has 1 amide bonds. The lowest BCUT2D eigenvalue weighted by Crippen LogP contribution is -2.40. The average molecular weight is 286 g/mol. The molecule has 0 aromatic carbocycles. The minimum atomic E-state index is 0. The summed E-state index contributed by atoms with van der Waals surface area (Å²) in [7, 11) is 1.92. The Morgan fingerprint density at radius 1 is 1.53 bits per heavy atom. The number of carbonyl (C=O) groups is 1. The van der Waals surface area contributed by atoms with Crippen molar-refractivity contribution in [3.63, 3.8) is 0 Å². The first kappa shape index (κ1) is 14.3. The quantitative estimate of drug-likeness (QED) is 0.916. The first-order valence-electron chi connectivity index (χ1n) is 6.72. The van der Waals surface area contributed by atoms with E-state index in [1.54, 1.807) is 0 Å². The van der Waals surface area contributed by atoms with E-state index in [4.69, 9.17) is 4.52 Å². The van der Waals surface area contributed by atoms with Crippen LogP contribution in [0.3, 0.4) is 0 Å². The molecule has 1 aromatic rings. The fourth-order valence-corrected chi connectivity index (χ4v) is 2.65. The summed E-state index contributed by atoms with van der Waals surface area (Å²) in [5, 5.41) is 7.07. The normalized spacial score (nSPS) is 22.4. The van der Waals surface area contributed by atoms with E-state index in [9.17, 15) is 4.79 Å². The van der Waals surface area contributed by atoms with Crippen molar-refractivity contribution in [3.8, 4) is 0 Å². The highest BCUT2D eigenvalue weighted by Gasteiger charge is 2.33. The molecule has 3 rings (SSSR count). The van der Waals surface area contributed by atoms with E-state index in [1.165, 1.54) is 0 Å². The zero-order chi connectivity index (χ0) is 12.5. The van der Waals surface area contributed by atoms with Crippen molar-refractivity contribution in [3.05, 3.63) is 17.5 Å². The van der Waals surface area contributed by atoms with Gasteiger partial charge >= 0.3 is 0 Å². The summed E-state index contributed by atoms with van der Waals surface area (Å²) in [5.41, 5.74) is 0.472. The monoisotopic (exact) mass is 285 g/mol. The molecule has 1 aliphatic carbocycles. The molecule has 1 unspecified atom stereocenters. The minimum absolute atomic E-state index is 0. The second-order valence-corrected chi connectivity index (χ2v) is 5.24. The molecule has 2 fully saturated rings. The molecule has 1 saturated carbocycles. The van der Waals surface area contributed by atoms with Crippen LogP contribution in [0.15, 0.2) is 10.6 Å².